The van der Waals surface area contributed by atoms with E-state index in [1.807, 2.05) is 0 Å². The van der Waals surface area contributed by atoms with E-state index in [1.54, 1.807) is 26.8 Å². The van der Waals surface area contributed by atoms with E-state index in [-0.39, 0.29) is 17.5 Å². The van der Waals surface area contributed by atoms with Gasteiger partial charge in [-0.2, -0.15) is 0 Å². The van der Waals surface area contributed by atoms with Crippen molar-refractivity contribution in [3.63, 3.8) is 0 Å². The van der Waals surface area contributed by atoms with Crippen LogP contribution in [0.2, 0.25) is 0 Å². The van der Waals surface area contributed by atoms with Crippen molar-refractivity contribution in [2.45, 2.75) is 20.8 Å². The van der Waals surface area contributed by atoms with Crippen LogP contribution in [0.3, 0.4) is 0 Å². The molecule has 0 amide bonds. The number of nitrogens with zero attached hydrogens (tertiary/aromatic N) is 1. The van der Waals surface area contributed by atoms with Crippen LogP contribution in [0.4, 0.5) is 10.1 Å². The molecule has 0 aliphatic carbocycles. The van der Waals surface area contributed by atoms with Crippen LogP contribution in [0.5, 0.6) is 11.6 Å². The van der Waals surface area contributed by atoms with Crippen molar-refractivity contribution in [3.8, 4) is 11.6 Å². The van der Waals surface area contributed by atoms with E-state index in [0.717, 1.165) is 0 Å². The minimum atomic E-state index is -3.37. The first kappa shape index (κ1) is 17.7. The van der Waals surface area contributed by atoms with Gasteiger partial charge in [0.2, 0.25) is 15.9 Å². The van der Waals surface area contributed by atoms with Crippen molar-refractivity contribution in [1.29, 1.82) is 0 Å². The number of hydrogen-bond acceptors (Lipinski definition) is 4. The van der Waals surface area contributed by atoms with Crippen LogP contribution in [-0.4, -0.2) is 19.2 Å². The molecule has 5 nitrogen and oxygen atoms in total. The summed E-state index contributed by atoms with van der Waals surface area (Å²) in [5.41, 5.74) is 1.62. The molecule has 0 saturated carbocycles. The molecule has 0 radical (unpaired) electrons. The van der Waals surface area contributed by atoms with Gasteiger partial charge in [-0.3, -0.25) is 4.72 Å². The molecule has 0 fully saturated rings. The second-order valence-corrected chi connectivity index (χ2v) is 7.85. The Balaban J connectivity index is 2.29. The van der Waals surface area contributed by atoms with Crippen molar-refractivity contribution in [2.24, 2.45) is 0 Å². The van der Waals surface area contributed by atoms with Gasteiger partial charge in [0.15, 0.2) is 0 Å². The lowest BCUT2D eigenvalue weighted by Crippen LogP contribution is -2.14. The highest BCUT2D eigenvalue weighted by atomic mass is 79.9. The maximum Gasteiger partial charge on any atom is 0.233 e. The normalized spacial score (nSPS) is 11.3. The molecule has 2 aromatic rings. The highest BCUT2D eigenvalue weighted by molar-refractivity contribution is 9.10. The predicted octanol–water partition coefficient (Wildman–Crippen LogP) is 4.15. The molecule has 1 heterocycles. The van der Waals surface area contributed by atoms with Crippen LogP contribution in [-0.2, 0) is 10.0 Å². The van der Waals surface area contributed by atoms with E-state index in [9.17, 15) is 12.8 Å². The summed E-state index contributed by atoms with van der Waals surface area (Å²) in [4.78, 5) is 4.11. The molecule has 0 aliphatic rings. The summed E-state index contributed by atoms with van der Waals surface area (Å²) in [6.45, 7) is 5.02. The molecule has 2 rings (SSSR count). The molecule has 0 unspecified atom stereocenters. The Labute approximate surface area is 143 Å². The van der Waals surface area contributed by atoms with E-state index in [2.05, 4.69) is 25.6 Å². The van der Waals surface area contributed by atoms with E-state index in [1.165, 1.54) is 18.3 Å². The van der Waals surface area contributed by atoms with Crippen molar-refractivity contribution in [2.75, 3.05) is 10.5 Å². The summed E-state index contributed by atoms with van der Waals surface area (Å²) in [5, 5.41) is 0. The summed E-state index contributed by atoms with van der Waals surface area (Å²) in [6, 6.07) is 4.31. The number of benzene rings is 1. The Morgan fingerprint density at radius 2 is 1.87 bits per heavy atom. The van der Waals surface area contributed by atoms with Gasteiger partial charge in [0.1, 0.15) is 11.6 Å². The zero-order valence-electron chi connectivity index (χ0n) is 12.9. The zero-order valence-corrected chi connectivity index (χ0v) is 15.3. The number of pyridine rings is 1. The molecule has 0 spiro atoms. The Hall–Kier alpha value is -1.67. The largest absolute Gasteiger partial charge is 0.437 e. The van der Waals surface area contributed by atoms with E-state index in [4.69, 9.17) is 4.74 Å². The van der Waals surface area contributed by atoms with Crippen LogP contribution in [0, 0.1) is 19.7 Å². The Morgan fingerprint density at radius 3 is 2.39 bits per heavy atom. The quantitative estimate of drug-likeness (QED) is 0.815. The molecule has 0 atom stereocenters. The number of anilines is 1. The first-order valence-electron chi connectivity index (χ1n) is 6.82. The molecule has 0 saturated heterocycles. The standard InChI is InChI=1S/C15H16BrFN2O3S/c1-4-23(20,21)19-12-7-13(16)15(18-8-12)22-14-9(2)5-11(17)6-10(14)3/h5-8,19H,4H2,1-3H3. The average molecular weight is 403 g/mol. The molecule has 124 valence electrons. The van der Waals surface area contributed by atoms with Crippen LogP contribution in [0.15, 0.2) is 28.9 Å². The van der Waals surface area contributed by atoms with Crippen LogP contribution in [0.1, 0.15) is 18.1 Å². The molecule has 1 aromatic carbocycles. The number of rotatable bonds is 5. The fourth-order valence-electron chi connectivity index (χ4n) is 1.96. The number of sulfonamides is 1. The van der Waals surface area contributed by atoms with Gasteiger partial charge in [0.25, 0.3) is 0 Å². The maximum atomic E-state index is 13.3. The summed E-state index contributed by atoms with van der Waals surface area (Å²) in [7, 11) is -3.37. The van der Waals surface area contributed by atoms with Gasteiger partial charge in [-0.1, -0.05) is 0 Å². The first-order chi connectivity index (χ1) is 10.7. The van der Waals surface area contributed by atoms with Crippen molar-refractivity contribution in [1.82, 2.24) is 4.98 Å². The molecule has 0 bridgehead atoms. The SMILES string of the molecule is CCS(=O)(=O)Nc1cnc(Oc2c(C)cc(F)cc2C)c(Br)c1. The summed E-state index contributed by atoms with van der Waals surface area (Å²) in [5.74, 6) is 0.420. The fraction of sp³-hybridized carbons (Fsp3) is 0.267. The minimum absolute atomic E-state index is 0.0309. The third kappa shape index (κ3) is 4.42. The van der Waals surface area contributed by atoms with Crippen molar-refractivity contribution >= 4 is 31.6 Å². The lowest BCUT2D eigenvalue weighted by molar-refractivity contribution is 0.451. The number of aromatic nitrogens is 1. The third-order valence-electron chi connectivity index (χ3n) is 3.08. The Morgan fingerprint density at radius 1 is 1.26 bits per heavy atom. The summed E-state index contributed by atoms with van der Waals surface area (Å²) < 4.78 is 45.1. The highest BCUT2D eigenvalue weighted by Gasteiger charge is 2.13. The molecule has 0 aliphatic heterocycles. The Kier molecular flexibility index (Phi) is 5.26. The van der Waals surface area contributed by atoms with Gasteiger partial charge in [-0.15, -0.1) is 0 Å². The number of nitrogens with one attached hydrogen (secondary N) is 1. The summed E-state index contributed by atoms with van der Waals surface area (Å²) >= 11 is 3.30. The van der Waals surface area contributed by atoms with Gasteiger partial charge >= 0.3 is 0 Å². The number of ether oxygens (including phenoxy) is 1. The second-order valence-electron chi connectivity index (χ2n) is 4.99. The Bertz CT molecular complexity index is 818. The van der Waals surface area contributed by atoms with Crippen LogP contribution >= 0.6 is 15.9 Å². The number of hydrogen-bond donors (Lipinski definition) is 1. The monoisotopic (exact) mass is 402 g/mol. The van der Waals surface area contributed by atoms with Gasteiger partial charge in [0, 0.05) is 0 Å². The topological polar surface area (TPSA) is 68.3 Å². The lowest BCUT2D eigenvalue weighted by Gasteiger charge is -2.13. The van der Waals surface area contributed by atoms with E-state index < -0.39 is 10.0 Å². The second kappa shape index (κ2) is 6.84. The van der Waals surface area contributed by atoms with Gasteiger partial charge in [0.05, 0.1) is 22.1 Å². The lowest BCUT2D eigenvalue weighted by atomic mass is 10.1. The third-order valence-corrected chi connectivity index (χ3v) is 4.96. The molecule has 1 aromatic heterocycles. The zero-order chi connectivity index (χ0) is 17.2. The van der Waals surface area contributed by atoms with E-state index >= 15 is 0 Å². The molecule has 23 heavy (non-hydrogen) atoms. The number of halogens is 2. The minimum Gasteiger partial charge on any atom is -0.437 e. The van der Waals surface area contributed by atoms with Crippen molar-refractivity contribution < 1.29 is 17.5 Å². The van der Waals surface area contributed by atoms with Gasteiger partial charge in [-0.25, -0.2) is 17.8 Å². The smallest absolute Gasteiger partial charge is 0.233 e. The average Bonchev–Trinajstić information content (AvgIpc) is 2.44. The molecule has 8 heteroatoms. The highest BCUT2D eigenvalue weighted by Crippen LogP contribution is 2.33. The van der Waals surface area contributed by atoms with Gasteiger partial charge in [-0.05, 0) is 66.0 Å². The first-order valence-corrected chi connectivity index (χ1v) is 9.27. The van der Waals surface area contributed by atoms with E-state index in [0.29, 0.717) is 27.0 Å². The maximum absolute atomic E-state index is 13.3. The summed E-state index contributed by atoms with van der Waals surface area (Å²) in [6.07, 6.45) is 1.36. The number of aryl methyl sites for hydroxylation is 2. The van der Waals surface area contributed by atoms with Crippen LogP contribution < -0.4 is 9.46 Å². The molecular formula is C15H16BrFN2O3S. The van der Waals surface area contributed by atoms with Crippen LogP contribution in [0.25, 0.3) is 0 Å². The fourth-order valence-corrected chi connectivity index (χ4v) is 3.01. The van der Waals surface area contributed by atoms with Gasteiger partial charge < -0.3 is 4.74 Å². The molecule has 1 N–H and O–H groups in total. The predicted molar refractivity (Wildman–Crippen MR) is 91.0 cm³/mol. The van der Waals surface area contributed by atoms with Crippen molar-refractivity contribution in [3.05, 3.63) is 45.8 Å². The molecular weight excluding hydrogens is 387 g/mol.